The molecule has 2 saturated heterocycles. The Morgan fingerprint density at radius 3 is 2.60 bits per heavy atom. The van der Waals surface area contributed by atoms with Gasteiger partial charge in [-0.15, -0.1) is 13.2 Å². The lowest BCUT2D eigenvalue weighted by molar-refractivity contribution is -0.960. The van der Waals surface area contributed by atoms with Crippen LogP contribution >= 0.6 is 0 Å². The number of benzene rings is 1. The van der Waals surface area contributed by atoms with Crippen molar-refractivity contribution in [1.29, 1.82) is 0 Å². The van der Waals surface area contributed by atoms with E-state index in [1.807, 2.05) is 12.2 Å². The van der Waals surface area contributed by atoms with Crippen LogP contribution in [-0.4, -0.2) is 73.4 Å². The molecule has 3 unspecified atom stereocenters. The Bertz CT molecular complexity index is 1520. The number of esters is 1. The zero-order valence-corrected chi connectivity index (χ0v) is 27.4. The Morgan fingerprint density at radius 2 is 1.96 bits per heavy atom. The third kappa shape index (κ3) is 5.64. The van der Waals surface area contributed by atoms with Crippen LogP contribution in [0.4, 0.5) is 13.2 Å². The van der Waals surface area contributed by atoms with Crippen molar-refractivity contribution in [2.24, 2.45) is 17.3 Å². The average molecular weight is 658 g/mol. The van der Waals surface area contributed by atoms with Gasteiger partial charge in [-0.3, -0.25) is 9.59 Å². The summed E-state index contributed by atoms with van der Waals surface area (Å²) in [7, 11) is 1.40. The molecule has 6 rings (SSSR count). The molecule has 1 N–H and O–H groups in total. The lowest BCUT2D eigenvalue weighted by Crippen LogP contribution is -2.71. The van der Waals surface area contributed by atoms with Crippen molar-refractivity contribution in [3.63, 3.8) is 0 Å². The van der Waals surface area contributed by atoms with Crippen LogP contribution in [0.3, 0.4) is 0 Å². The van der Waals surface area contributed by atoms with Crippen LogP contribution in [0.2, 0.25) is 0 Å². The number of methoxy groups -OCH3 is 1. The third-order valence-corrected chi connectivity index (χ3v) is 10.9. The number of allylic oxidation sites excluding steroid dienone is 1. The topological polar surface area (TPSA) is 83.1 Å². The van der Waals surface area contributed by atoms with Crippen molar-refractivity contribution in [3.8, 4) is 0 Å². The Balaban J connectivity index is 1.42. The minimum Gasteiger partial charge on any atom is -0.422 e. The number of alkyl halides is 3. The van der Waals surface area contributed by atoms with E-state index in [4.69, 9.17) is 14.2 Å². The van der Waals surface area contributed by atoms with Gasteiger partial charge in [0.05, 0.1) is 31.8 Å². The number of hydrogen-bond acceptors (Lipinski definition) is 6. The molecule has 2 bridgehead atoms. The summed E-state index contributed by atoms with van der Waals surface area (Å²) in [5.74, 6) is -3.18. The molecule has 7 atom stereocenters. The fraction of sp³-hybridized carbons (Fsp3) is 0.556. The Labute approximate surface area is 273 Å². The summed E-state index contributed by atoms with van der Waals surface area (Å²) in [5, 5.41) is 2.70. The molecule has 0 aromatic heterocycles. The molecule has 8 nitrogen and oxygen atoms in total. The van der Waals surface area contributed by atoms with Gasteiger partial charge in [0.25, 0.3) is 5.91 Å². The maximum Gasteiger partial charge on any atom is 0.573 e. The molecule has 1 aromatic rings. The molecule has 0 radical (unpaired) electrons. The number of amides is 1. The molecule has 11 heteroatoms. The Hall–Kier alpha value is -3.41. The van der Waals surface area contributed by atoms with Crippen LogP contribution < -0.4 is 5.32 Å². The summed E-state index contributed by atoms with van der Waals surface area (Å²) in [4.78, 5) is 26.1. The lowest BCUT2D eigenvalue weighted by Gasteiger charge is -2.63. The SMILES string of the molecule is C=CC[N+]1(CC(C)C)CC[C@]23C4=C5C=CC(NC(=O)C(OC(F)(F)F)=C(OC(C)=O)c6ccccc6)(OC)C4O[C@H]2CCC[C@H]3[C@H]1C5. The van der Waals surface area contributed by atoms with Gasteiger partial charge in [-0.05, 0) is 36.1 Å². The van der Waals surface area contributed by atoms with E-state index in [9.17, 15) is 22.8 Å². The molecule has 1 aromatic carbocycles. The van der Waals surface area contributed by atoms with Gasteiger partial charge in [-0.2, -0.15) is 0 Å². The Kier molecular flexibility index (Phi) is 8.72. The Morgan fingerprint density at radius 1 is 1.21 bits per heavy atom. The third-order valence-electron chi connectivity index (χ3n) is 10.9. The molecule has 1 amide bonds. The van der Waals surface area contributed by atoms with Crippen molar-refractivity contribution < 1.29 is 46.2 Å². The minimum atomic E-state index is -5.26. The summed E-state index contributed by atoms with van der Waals surface area (Å²) >= 11 is 0. The van der Waals surface area contributed by atoms with E-state index in [1.165, 1.54) is 19.2 Å². The van der Waals surface area contributed by atoms with Crippen LogP contribution in [-0.2, 0) is 28.5 Å². The van der Waals surface area contributed by atoms with E-state index in [-0.39, 0.29) is 17.1 Å². The molecular weight excluding hydrogens is 613 g/mol. The average Bonchev–Trinajstić information content (AvgIpc) is 3.36. The van der Waals surface area contributed by atoms with Gasteiger partial charge >= 0.3 is 12.3 Å². The van der Waals surface area contributed by atoms with Crippen LogP contribution in [0.15, 0.2) is 72.0 Å². The number of quaternary nitrogens is 1. The number of carbonyl (C=O) groups excluding carboxylic acids is 2. The number of likely N-dealkylation sites (tertiary alicyclic amines) is 1. The normalized spacial score (nSPS) is 34.4. The highest BCUT2D eigenvalue weighted by Crippen LogP contribution is 2.67. The highest BCUT2D eigenvalue weighted by atomic mass is 19.4. The predicted molar refractivity (Wildman–Crippen MR) is 168 cm³/mol. The molecule has 254 valence electrons. The summed E-state index contributed by atoms with van der Waals surface area (Å²) in [6.45, 7) is 12.6. The van der Waals surface area contributed by atoms with Gasteiger partial charge in [0, 0.05) is 49.7 Å². The van der Waals surface area contributed by atoms with E-state index in [1.54, 1.807) is 24.3 Å². The summed E-state index contributed by atoms with van der Waals surface area (Å²) in [6.07, 6.45) is 4.23. The van der Waals surface area contributed by atoms with E-state index in [0.717, 1.165) is 74.3 Å². The molecule has 47 heavy (non-hydrogen) atoms. The largest absolute Gasteiger partial charge is 0.573 e. The van der Waals surface area contributed by atoms with Gasteiger partial charge in [-0.25, -0.2) is 0 Å². The van der Waals surface area contributed by atoms with Crippen molar-refractivity contribution in [2.75, 3.05) is 26.7 Å². The maximum atomic E-state index is 14.0. The molecule has 3 aliphatic carbocycles. The first kappa shape index (κ1) is 33.5. The van der Waals surface area contributed by atoms with Gasteiger partial charge < -0.3 is 28.7 Å². The van der Waals surface area contributed by atoms with Crippen LogP contribution in [0, 0.1) is 17.3 Å². The minimum absolute atomic E-state index is 0.0562. The number of piperidine rings is 1. The first-order chi connectivity index (χ1) is 22.3. The number of halogens is 3. The highest BCUT2D eigenvalue weighted by Gasteiger charge is 2.71. The fourth-order valence-electron chi connectivity index (χ4n) is 9.57. The van der Waals surface area contributed by atoms with Crippen molar-refractivity contribution in [1.82, 2.24) is 5.32 Å². The van der Waals surface area contributed by atoms with E-state index < -0.39 is 41.6 Å². The van der Waals surface area contributed by atoms with Gasteiger partial charge in [0.1, 0.15) is 6.10 Å². The second-order valence-electron chi connectivity index (χ2n) is 14.0. The van der Waals surface area contributed by atoms with Gasteiger partial charge in [0.2, 0.25) is 5.76 Å². The van der Waals surface area contributed by atoms with E-state index >= 15 is 0 Å². The summed E-state index contributed by atoms with van der Waals surface area (Å²) in [5.41, 5.74) is 0.416. The highest BCUT2D eigenvalue weighted by molar-refractivity contribution is 6.00. The maximum absolute atomic E-state index is 14.0. The van der Waals surface area contributed by atoms with E-state index in [0.29, 0.717) is 17.9 Å². The number of ether oxygens (including phenoxy) is 4. The van der Waals surface area contributed by atoms with Gasteiger partial charge in [0.15, 0.2) is 11.5 Å². The van der Waals surface area contributed by atoms with E-state index in [2.05, 4.69) is 30.5 Å². The standard InChI is InChI=1S/C36H43F3N2O6/c1-6-18-41(21-22(2)3)19-17-34-26-13-10-14-28(34)46-32-29(34)25(20-27(26)41)15-16-35(32,44-5)40-33(43)31(47-36(37,38)39)30(45-23(4)42)24-11-8-7-9-12-24/h6-9,11-12,15-16,22,26-28,32H,1,10,13-14,17-21H2,2-5H3/p+1/t26-,27+,28-,32?,34+,35?,41?/m0/s1. The summed E-state index contributed by atoms with van der Waals surface area (Å²) < 4.78 is 64.9. The second-order valence-corrected chi connectivity index (χ2v) is 14.0. The fourth-order valence-corrected chi connectivity index (χ4v) is 9.57. The number of rotatable bonds is 10. The van der Waals surface area contributed by atoms with Crippen LogP contribution in [0.5, 0.6) is 0 Å². The molecule has 2 heterocycles. The van der Waals surface area contributed by atoms with Crippen molar-refractivity contribution in [2.45, 2.75) is 83.2 Å². The molecular formula is C36H44F3N2O6+. The molecule has 1 spiro atoms. The zero-order chi connectivity index (χ0) is 33.8. The van der Waals surface area contributed by atoms with Gasteiger partial charge in [-0.1, -0.05) is 63.3 Å². The van der Waals surface area contributed by atoms with Crippen molar-refractivity contribution >= 4 is 17.6 Å². The molecule has 3 fully saturated rings. The summed E-state index contributed by atoms with van der Waals surface area (Å²) in [6, 6.07) is 7.96. The quantitative estimate of drug-likeness (QED) is 0.0810. The molecule has 5 aliphatic rings. The lowest BCUT2D eigenvalue weighted by atomic mass is 9.50. The van der Waals surface area contributed by atoms with Crippen LogP contribution in [0.1, 0.15) is 58.4 Å². The monoisotopic (exact) mass is 657 g/mol. The first-order valence-corrected chi connectivity index (χ1v) is 16.5. The van der Waals surface area contributed by atoms with Crippen LogP contribution in [0.25, 0.3) is 5.76 Å². The number of nitrogens with zero attached hydrogens (tertiary/aromatic N) is 1. The predicted octanol–water partition coefficient (Wildman–Crippen LogP) is 6.17. The smallest absolute Gasteiger partial charge is 0.422 e. The van der Waals surface area contributed by atoms with Crippen molar-refractivity contribution in [3.05, 3.63) is 77.6 Å². The number of carbonyl (C=O) groups is 2. The second kappa shape index (κ2) is 12.2. The number of nitrogens with one attached hydrogen (secondary N) is 1. The first-order valence-electron chi connectivity index (χ1n) is 16.5. The molecule has 2 aliphatic heterocycles. The zero-order valence-electron chi connectivity index (χ0n) is 27.4. The number of hydrogen-bond donors (Lipinski definition) is 1. The molecule has 1 saturated carbocycles.